The van der Waals surface area contributed by atoms with Gasteiger partial charge in [-0.15, -0.1) is 22.7 Å². The van der Waals surface area contributed by atoms with Crippen LogP contribution >= 0.6 is 22.7 Å². The maximum Gasteiger partial charge on any atom is 0.260 e. The topological polar surface area (TPSA) is 55.1 Å². The third kappa shape index (κ3) is 2.59. The second-order valence-corrected chi connectivity index (χ2v) is 6.06. The molecule has 0 spiro atoms. The number of aromatic nitrogens is 1. The lowest BCUT2D eigenvalue weighted by molar-refractivity contribution is 0.102. The molecule has 0 saturated heterocycles. The number of thiophene rings is 1. The van der Waals surface area contributed by atoms with E-state index in [4.69, 9.17) is 4.42 Å². The number of carbonyl (C=O) groups is 1. The summed E-state index contributed by atoms with van der Waals surface area (Å²) in [6.45, 7) is 2.06. The molecular weight excluding hydrogens is 280 g/mol. The van der Waals surface area contributed by atoms with Crippen LogP contribution in [0.25, 0.3) is 10.6 Å². The van der Waals surface area contributed by atoms with Crippen molar-refractivity contribution < 1.29 is 9.21 Å². The zero-order valence-corrected chi connectivity index (χ0v) is 11.7. The molecule has 0 bridgehead atoms. The first-order chi connectivity index (χ1) is 9.22. The zero-order valence-electron chi connectivity index (χ0n) is 10.0. The summed E-state index contributed by atoms with van der Waals surface area (Å²) >= 11 is 3.10. The molecule has 4 nitrogen and oxygen atoms in total. The van der Waals surface area contributed by atoms with Gasteiger partial charge < -0.3 is 4.42 Å². The molecule has 0 aliphatic heterocycles. The van der Waals surface area contributed by atoms with E-state index in [1.54, 1.807) is 17.4 Å². The lowest BCUT2D eigenvalue weighted by Gasteiger charge is -1.97. The predicted octanol–water partition coefficient (Wildman–Crippen LogP) is 4.03. The normalized spacial score (nSPS) is 10.6. The van der Waals surface area contributed by atoms with E-state index in [1.807, 2.05) is 11.4 Å². The zero-order chi connectivity index (χ0) is 13.2. The van der Waals surface area contributed by atoms with Crippen LogP contribution in [0, 0.1) is 6.92 Å². The first-order valence-corrected chi connectivity index (χ1v) is 7.28. The standard InChI is InChI=1S/C13H10N2O2S2/c1-8-2-3-11(19-8)10-7-18-13(14-10)15-12(16)9-4-5-17-6-9/h2-7H,1H3,(H,14,15,16). The third-order valence-electron chi connectivity index (χ3n) is 2.50. The van der Waals surface area contributed by atoms with Gasteiger partial charge in [-0.3, -0.25) is 10.1 Å². The Morgan fingerprint density at radius 2 is 2.26 bits per heavy atom. The second kappa shape index (κ2) is 4.99. The number of hydrogen-bond donors (Lipinski definition) is 1. The van der Waals surface area contributed by atoms with Gasteiger partial charge in [0.15, 0.2) is 5.13 Å². The molecule has 0 unspecified atom stereocenters. The van der Waals surface area contributed by atoms with Crippen LogP contribution in [0.15, 0.2) is 40.5 Å². The molecule has 0 aliphatic rings. The minimum atomic E-state index is -0.211. The van der Waals surface area contributed by atoms with Gasteiger partial charge in [0.2, 0.25) is 0 Å². The van der Waals surface area contributed by atoms with Gasteiger partial charge in [-0.05, 0) is 25.1 Å². The average Bonchev–Trinajstić information content (AvgIpc) is 3.07. The lowest BCUT2D eigenvalue weighted by Crippen LogP contribution is -2.10. The van der Waals surface area contributed by atoms with Crippen LogP contribution in [-0.4, -0.2) is 10.9 Å². The maximum atomic E-state index is 11.8. The fraction of sp³-hybridized carbons (Fsp3) is 0.0769. The van der Waals surface area contributed by atoms with Gasteiger partial charge in [-0.1, -0.05) is 0 Å². The summed E-state index contributed by atoms with van der Waals surface area (Å²) in [4.78, 5) is 18.6. The first-order valence-electron chi connectivity index (χ1n) is 5.58. The molecule has 0 fully saturated rings. The Kier molecular flexibility index (Phi) is 3.18. The SMILES string of the molecule is Cc1ccc(-c2csc(NC(=O)c3ccoc3)n2)s1. The Bertz CT molecular complexity index is 698. The summed E-state index contributed by atoms with van der Waals surface area (Å²) in [7, 11) is 0. The van der Waals surface area contributed by atoms with Crippen molar-refractivity contribution in [1.82, 2.24) is 4.98 Å². The first kappa shape index (κ1) is 12.1. The minimum absolute atomic E-state index is 0.211. The summed E-state index contributed by atoms with van der Waals surface area (Å²) in [5, 5.41) is 5.29. The Labute approximate surface area is 117 Å². The van der Waals surface area contributed by atoms with Crippen molar-refractivity contribution in [3.05, 3.63) is 46.5 Å². The highest BCUT2D eigenvalue weighted by Crippen LogP contribution is 2.30. The van der Waals surface area contributed by atoms with E-state index in [0.717, 1.165) is 10.6 Å². The molecule has 3 aromatic rings. The van der Waals surface area contributed by atoms with Crippen LogP contribution < -0.4 is 5.32 Å². The van der Waals surface area contributed by atoms with E-state index in [2.05, 4.69) is 23.3 Å². The smallest absolute Gasteiger partial charge is 0.260 e. The van der Waals surface area contributed by atoms with Crippen LogP contribution in [-0.2, 0) is 0 Å². The number of furan rings is 1. The molecule has 0 aromatic carbocycles. The van der Waals surface area contributed by atoms with Gasteiger partial charge in [-0.2, -0.15) is 0 Å². The van der Waals surface area contributed by atoms with Crippen molar-refractivity contribution in [3.63, 3.8) is 0 Å². The molecule has 19 heavy (non-hydrogen) atoms. The molecule has 3 heterocycles. The number of carbonyl (C=O) groups excluding carboxylic acids is 1. The highest BCUT2D eigenvalue weighted by Gasteiger charge is 2.11. The minimum Gasteiger partial charge on any atom is -0.472 e. The van der Waals surface area contributed by atoms with E-state index in [-0.39, 0.29) is 5.91 Å². The van der Waals surface area contributed by atoms with E-state index < -0.39 is 0 Å². The average molecular weight is 290 g/mol. The largest absolute Gasteiger partial charge is 0.472 e. The van der Waals surface area contributed by atoms with Crippen molar-refractivity contribution >= 4 is 33.7 Å². The number of amides is 1. The van der Waals surface area contributed by atoms with Crippen LogP contribution in [0.2, 0.25) is 0 Å². The molecular formula is C13H10N2O2S2. The Balaban J connectivity index is 1.77. The molecule has 6 heteroatoms. The number of hydrogen-bond acceptors (Lipinski definition) is 5. The summed E-state index contributed by atoms with van der Waals surface area (Å²) in [6.07, 6.45) is 2.88. The Morgan fingerprint density at radius 3 is 2.95 bits per heavy atom. The number of anilines is 1. The number of nitrogens with one attached hydrogen (secondary N) is 1. The van der Waals surface area contributed by atoms with E-state index in [9.17, 15) is 4.79 Å². The van der Waals surface area contributed by atoms with Gasteiger partial charge in [0.05, 0.1) is 22.4 Å². The van der Waals surface area contributed by atoms with Gasteiger partial charge in [0.1, 0.15) is 6.26 Å². The molecule has 96 valence electrons. The van der Waals surface area contributed by atoms with E-state index in [0.29, 0.717) is 10.7 Å². The number of nitrogens with zero attached hydrogens (tertiary/aromatic N) is 1. The molecule has 0 saturated carbocycles. The van der Waals surface area contributed by atoms with Crippen molar-refractivity contribution in [1.29, 1.82) is 0 Å². The molecule has 1 N–H and O–H groups in total. The summed E-state index contributed by atoms with van der Waals surface area (Å²) < 4.78 is 4.87. The fourth-order valence-corrected chi connectivity index (χ4v) is 3.19. The third-order valence-corrected chi connectivity index (χ3v) is 4.28. The second-order valence-electron chi connectivity index (χ2n) is 3.91. The highest BCUT2D eigenvalue weighted by atomic mass is 32.1. The van der Waals surface area contributed by atoms with Gasteiger partial charge in [0.25, 0.3) is 5.91 Å². The highest BCUT2D eigenvalue weighted by molar-refractivity contribution is 7.17. The monoisotopic (exact) mass is 290 g/mol. The van der Waals surface area contributed by atoms with Gasteiger partial charge >= 0.3 is 0 Å². The predicted molar refractivity (Wildman–Crippen MR) is 76.8 cm³/mol. The van der Waals surface area contributed by atoms with Crippen LogP contribution in [0.3, 0.4) is 0 Å². The van der Waals surface area contributed by atoms with Crippen LogP contribution in [0.1, 0.15) is 15.2 Å². The number of rotatable bonds is 3. The molecule has 3 rings (SSSR count). The van der Waals surface area contributed by atoms with Gasteiger partial charge in [-0.25, -0.2) is 4.98 Å². The number of aryl methyl sites for hydroxylation is 1. The maximum absolute atomic E-state index is 11.8. The molecule has 3 aromatic heterocycles. The lowest BCUT2D eigenvalue weighted by atomic mass is 10.3. The van der Waals surface area contributed by atoms with Crippen molar-refractivity contribution in [2.24, 2.45) is 0 Å². The van der Waals surface area contributed by atoms with Crippen molar-refractivity contribution in [2.75, 3.05) is 5.32 Å². The molecule has 1 amide bonds. The fourth-order valence-electron chi connectivity index (χ4n) is 1.58. The van der Waals surface area contributed by atoms with E-state index >= 15 is 0 Å². The molecule has 0 radical (unpaired) electrons. The van der Waals surface area contributed by atoms with Gasteiger partial charge in [0, 0.05) is 10.3 Å². The van der Waals surface area contributed by atoms with Crippen LogP contribution in [0.4, 0.5) is 5.13 Å². The number of thiazole rings is 1. The van der Waals surface area contributed by atoms with Crippen molar-refractivity contribution in [3.8, 4) is 10.6 Å². The Hall–Kier alpha value is -1.92. The van der Waals surface area contributed by atoms with Crippen molar-refractivity contribution in [2.45, 2.75) is 6.92 Å². The molecule has 0 aliphatic carbocycles. The quantitative estimate of drug-likeness (QED) is 0.792. The summed E-state index contributed by atoms with van der Waals surface area (Å²) in [6, 6.07) is 5.71. The summed E-state index contributed by atoms with van der Waals surface area (Å²) in [5.74, 6) is -0.211. The summed E-state index contributed by atoms with van der Waals surface area (Å²) in [5.41, 5.74) is 1.38. The van der Waals surface area contributed by atoms with E-state index in [1.165, 1.54) is 28.7 Å². The molecule has 0 atom stereocenters. The Morgan fingerprint density at radius 1 is 1.37 bits per heavy atom. The van der Waals surface area contributed by atoms with Crippen LogP contribution in [0.5, 0.6) is 0 Å².